The number of carbonyl (C=O) groups excluding carboxylic acids is 2. The third kappa shape index (κ3) is 2.85. The number of pyridine rings is 1. The lowest BCUT2D eigenvalue weighted by molar-refractivity contribution is -0.216. The first-order valence-corrected chi connectivity index (χ1v) is 7.03. The van der Waals surface area contributed by atoms with Gasteiger partial charge >= 0.3 is 5.92 Å². The van der Waals surface area contributed by atoms with Crippen LogP contribution in [0.2, 0.25) is 0 Å². The smallest absolute Gasteiger partial charge is 0.352 e. The molecule has 120 valence electrons. The molecule has 0 spiro atoms. The summed E-state index contributed by atoms with van der Waals surface area (Å²) in [6.45, 7) is 2.85. The molecule has 0 radical (unpaired) electrons. The first-order chi connectivity index (χ1) is 10.2. The van der Waals surface area contributed by atoms with E-state index in [0.29, 0.717) is 23.4 Å². The number of hydrogen-bond donors (Lipinski definition) is 2. The molecule has 1 aliphatic rings. The maximum absolute atomic E-state index is 13.9. The molecular weight excluding hydrogens is 294 g/mol. The van der Waals surface area contributed by atoms with Crippen LogP contribution >= 0.6 is 0 Å². The zero-order valence-electron chi connectivity index (χ0n) is 12.4. The second kappa shape index (κ2) is 5.72. The Labute approximate surface area is 126 Å². The monoisotopic (exact) mass is 312 g/mol. The number of hydrogen-bond acceptors (Lipinski definition) is 4. The van der Waals surface area contributed by atoms with Gasteiger partial charge in [0.25, 0.3) is 5.91 Å². The van der Waals surface area contributed by atoms with E-state index in [1.54, 1.807) is 13.0 Å². The fourth-order valence-corrected chi connectivity index (χ4v) is 2.40. The van der Waals surface area contributed by atoms with E-state index < -0.39 is 17.4 Å². The molecule has 7 heteroatoms. The largest absolute Gasteiger partial charge is 0.383 e. The summed E-state index contributed by atoms with van der Waals surface area (Å²) in [5.41, 5.74) is -0.945. The summed E-state index contributed by atoms with van der Waals surface area (Å²) in [5, 5.41) is 11.8. The van der Waals surface area contributed by atoms with Crippen molar-refractivity contribution in [3.8, 4) is 0 Å². The number of alkyl halides is 2. The number of Topliss-reactive ketones (excluding diaryl/α,β-unsaturated/α-hetero) is 1. The quantitative estimate of drug-likeness (QED) is 0.812. The number of amides is 1. The van der Waals surface area contributed by atoms with Gasteiger partial charge in [-0.05, 0) is 45.2 Å². The fourth-order valence-electron chi connectivity index (χ4n) is 2.40. The minimum absolute atomic E-state index is 0.0852. The van der Waals surface area contributed by atoms with E-state index in [-0.39, 0.29) is 25.2 Å². The minimum atomic E-state index is -3.82. The van der Waals surface area contributed by atoms with Gasteiger partial charge in [0.1, 0.15) is 5.60 Å². The van der Waals surface area contributed by atoms with Crippen LogP contribution in [-0.2, 0) is 11.3 Å². The molecule has 1 aliphatic carbocycles. The lowest BCUT2D eigenvalue weighted by atomic mass is 9.75. The van der Waals surface area contributed by atoms with Crippen molar-refractivity contribution in [2.24, 2.45) is 0 Å². The number of rotatable bonds is 5. The van der Waals surface area contributed by atoms with Gasteiger partial charge in [-0.3, -0.25) is 14.6 Å². The molecule has 1 saturated carbocycles. The number of aryl methyl sites for hydroxylation is 1. The molecule has 0 atom stereocenters. The third-order valence-corrected chi connectivity index (χ3v) is 4.00. The normalized spacial score (nSPS) is 16.8. The highest BCUT2D eigenvalue weighted by atomic mass is 19.3. The Hall–Kier alpha value is -1.89. The van der Waals surface area contributed by atoms with Crippen LogP contribution in [0.5, 0.6) is 0 Å². The van der Waals surface area contributed by atoms with Crippen LogP contribution in [0, 0.1) is 6.92 Å². The maximum atomic E-state index is 13.9. The van der Waals surface area contributed by atoms with E-state index in [1.807, 2.05) is 0 Å². The molecule has 2 N–H and O–H groups in total. The number of carbonyl (C=O) groups is 2. The number of halogens is 2. The van der Waals surface area contributed by atoms with Crippen LogP contribution in [0.4, 0.5) is 8.78 Å². The number of ketones is 1. The van der Waals surface area contributed by atoms with Crippen LogP contribution in [0.15, 0.2) is 12.1 Å². The van der Waals surface area contributed by atoms with Gasteiger partial charge in [0.2, 0.25) is 0 Å². The molecular formula is C15H18F2N2O3. The van der Waals surface area contributed by atoms with E-state index in [0.717, 1.165) is 0 Å². The highest BCUT2D eigenvalue weighted by Crippen LogP contribution is 2.44. The zero-order valence-corrected chi connectivity index (χ0v) is 12.4. The minimum Gasteiger partial charge on any atom is -0.383 e. The summed E-state index contributed by atoms with van der Waals surface area (Å²) in [6, 6.07) is 3.05. The Kier molecular flexibility index (Phi) is 4.28. The first kappa shape index (κ1) is 16.5. The predicted octanol–water partition coefficient (Wildman–Crippen LogP) is 1.76. The van der Waals surface area contributed by atoms with Gasteiger partial charge in [0, 0.05) is 11.3 Å². The average molecular weight is 312 g/mol. The summed E-state index contributed by atoms with van der Waals surface area (Å²) in [6.07, 6.45) is 0.308. The predicted molar refractivity (Wildman–Crippen MR) is 74.6 cm³/mol. The summed E-state index contributed by atoms with van der Waals surface area (Å²) in [4.78, 5) is 27.0. The summed E-state index contributed by atoms with van der Waals surface area (Å²) in [7, 11) is 0. The van der Waals surface area contributed by atoms with Crippen molar-refractivity contribution in [2.75, 3.05) is 0 Å². The van der Waals surface area contributed by atoms with E-state index in [1.165, 1.54) is 13.0 Å². The molecule has 0 aliphatic heterocycles. The molecule has 22 heavy (non-hydrogen) atoms. The van der Waals surface area contributed by atoms with E-state index in [4.69, 9.17) is 0 Å². The molecule has 5 nitrogen and oxygen atoms in total. The van der Waals surface area contributed by atoms with E-state index in [2.05, 4.69) is 10.3 Å². The van der Waals surface area contributed by atoms with Crippen molar-refractivity contribution in [2.45, 2.75) is 51.2 Å². The maximum Gasteiger partial charge on any atom is 0.352 e. The van der Waals surface area contributed by atoms with Crippen molar-refractivity contribution in [3.05, 3.63) is 29.1 Å². The number of nitrogens with zero attached hydrogens (tertiary/aromatic N) is 1. The lowest BCUT2D eigenvalue weighted by Crippen LogP contribution is -2.60. The molecule has 0 aromatic carbocycles. The zero-order chi connectivity index (χ0) is 16.5. The Morgan fingerprint density at radius 3 is 2.50 bits per heavy atom. The number of aromatic nitrogens is 1. The molecule has 1 fully saturated rings. The van der Waals surface area contributed by atoms with Gasteiger partial charge in [-0.25, -0.2) is 0 Å². The van der Waals surface area contributed by atoms with Gasteiger partial charge in [-0.15, -0.1) is 0 Å². The SMILES string of the molecule is CC(=O)c1ccc(CNC(=O)C(F)(F)C2(O)CCC2)nc1C. The van der Waals surface area contributed by atoms with Gasteiger partial charge in [-0.1, -0.05) is 0 Å². The molecule has 1 aromatic rings. The highest BCUT2D eigenvalue weighted by molar-refractivity contribution is 5.95. The van der Waals surface area contributed by atoms with Gasteiger partial charge in [-0.2, -0.15) is 8.78 Å². The van der Waals surface area contributed by atoms with Crippen LogP contribution < -0.4 is 5.32 Å². The van der Waals surface area contributed by atoms with Crippen molar-refractivity contribution in [1.29, 1.82) is 0 Å². The Bertz CT molecular complexity index is 613. The standard InChI is InChI=1S/C15H18F2N2O3/c1-9-12(10(2)20)5-4-11(19-9)8-18-13(21)15(16,17)14(22)6-3-7-14/h4-5,22H,3,6-8H2,1-2H3,(H,18,21). The van der Waals surface area contributed by atoms with Crippen LogP contribution in [0.1, 0.15) is 47.9 Å². The van der Waals surface area contributed by atoms with Crippen LogP contribution in [0.25, 0.3) is 0 Å². The molecule has 0 unspecified atom stereocenters. The molecule has 2 rings (SSSR count). The topological polar surface area (TPSA) is 79.3 Å². The lowest BCUT2D eigenvalue weighted by Gasteiger charge is -2.41. The number of aliphatic hydroxyl groups is 1. The second-order valence-electron chi connectivity index (χ2n) is 5.63. The fraction of sp³-hybridized carbons (Fsp3) is 0.533. The second-order valence-corrected chi connectivity index (χ2v) is 5.63. The summed E-state index contributed by atoms with van der Waals surface area (Å²) < 4.78 is 27.7. The highest BCUT2D eigenvalue weighted by Gasteiger charge is 2.61. The Morgan fingerprint density at radius 1 is 1.41 bits per heavy atom. The van der Waals surface area contributed by atoms with E-state index >= 15 is 0 Å². The van der Waals surface area contributed by atoms with Crippen LogP contribution in [-0.4, -0.2) is 33.3 Å². The summed E-state index contributed by atoms with van der Waals surface area (Å²) in [5.74, 6) is -5.47. The Balaban J connectivity index is 2.02. The summed E-state index contributed by atoms with van der Waals surface area (Å²) >= 11 is 0. The molecule has 1 aromatic heterocycles. The van der Waals surface area contributed by atoms with Gasteiger partial charge in [0.05, 0.1) is 12.2 Å². The van der Waals surface area contributed by atoms with E-state index in [9.17, 15) is 23.5 Å². The van der Waals surface area contributed by atoms with Crippen molar-refractivity contribution < 1.29 is 23.5 Å². The first-order valence-electron chi connectivity index (χ1n) is 7.03. The van der Waals surface area contributed by atoms with Crippen LogP contribution in [0.3, 0.4) is 0 Å². The number of nitrogens with one attached hydrogen (secondary N) is 1. The van der Waals surface area contributed by atoms with Crippen molar-refractivity contribution >= 4 is 11.7 Å². The molecule has 1 heterocycles. The molecule has 1 amide bonds. The van der Waals surface area contributed by atoms with Crippen molar-refractivity contribution in [3.63, 3.8) is 0 Å². The van der Waals surface area contributed by atoms with Gasteiger partial charge < -0.3 is 10.4 Å². The van der Waals surface area contributed by atoms with Crippen molar-refractivity contribution in [1.82, 2.24) is 10.3 Å². The third-order valence-electron chi connectivity index (χ3n) is 4.00. The molecule has 0 bridgehead atoms. The van der Waals surface area contributed by atoms with Gasteiger partial charge in [0.15, 0.2) is 5.78 Å². The average Bonchev–Trinajstić information content (AvgIpc) is 2.41. The molecule has 0 saturated heterocycles. The Morgan fingerprint density at radius 2 is 2.05 bits per heavy atom.